The largest absolute Gasteiger partial charge is 0.294 e. The second-order valence-electron chi connectivity index (χ2n) is 10.5. The highest BCUT2D eigenvalue weighted by Crippen LogP contribution is 2.20. The number of unbranched alkanes of at least 4 members (excludes halogenated alkanes) is 16. The fourth-order valence-electron chi connectivity index (χ4n) is 5.30. The molecule has 2 nitrogen and oxygen atoms in total. The second-order valence-corrected chi connectivity index (χ2v) is 10.5. The van der Waals surface area contributed by atoms with Crippen molar-refractivity contribution < 1.29 is 4.57 Å². The number of hydrogen-bond acceptors (Lipinski definition) is 0. The molecule has 36 heavy (non-hydrogen) atoms. The molecule has 1 aromatic heterocycles. The maximum Gasteiger partial charge on any atom is 0.294 e. The highest BCUT2D eigenvalue weighted by atomic mass is 15.2. The van der Waals surface area contributed by atoms with Gasteiger partial charge >= 0.3 is 0 Å². The van der Waals surface area contributed by atoms with Crippen molar-refractivity contribution in [3.63, 3.8) is 0 Å². The summed E-state index contributed by atoms with van der Waals surface area (Å²) >= 11 is 0. The molecule has 0 atom stereocenters. The van der Waals surface area contributed by atoms with Crippen LogP contribution in [0.15, 0.2) is 73.1 Å². The lowest BCUT2D eigenvalue weighted by Crippen LogP contribution is -2.34. The average Bonchev–Trinajstić information content (AvgIpc) is 3.35. The predicted molar refractivity (Wildman–Crippen MR) is 156 cm³/mol. The fraction of sp³-hybridized carbons (Fsp3) is 0.559. The van der Waals surface area contributed by atoms with Crippen LogP contribution in [-0.4, -0.2) is 4.57 Å². The third kappa shape index (κ3) is 10.3. The normalized spacial score (nSPS) is 11.2. The summed E-state index contributed by atoms with van der Waals surface area (Å²) in [5.41, 5.74) is 2.50. The van der Waals surface area contributed by atoms with E-state index in [4.69, 9.17) is 0 Å². The first-order chi connectivity index (χ1) is 17.9. The molecule has 0 unspecified atom stereocenters. The summed E-state index contributed by atoms with van der Waals surface area (Å²) in [6.45, 7) is 3.38. The molecule has 3 aromatic rings. The van der Waals surface area contributed by atoms with Crippen LogP contribution >= 0.6 is 0 Å². The fourth-order valence-corrected chi connectivity index (χ4v) is 5.30. The van der Waals surface area contributed by atoms with Crippen LogP contribution in [0.2, 0.25) is 0 Å². The van der Waals surface area contributed by atoms with Crippen LogP contribution < -0.4 is 4.57 Å². The Hall–Kier alpha value is -2.35. The highest BCUT2D eigenvalue weighted by molar-refractivity contribution is 5.55. The van der Waals surface area contributed by atoms with Crippen LogP contribution in [0.5, 0.6) is 0 Å². The Kier molecular flexibility index (Phi) is 14.1. The Labute approximate surface area is 221 Å². The van der Waals surface area contributed by atoms with Crippen molar-refractivity contribution in [3.05, 3.63) is 73.1 Å². The molecule has 0 saturated carbocycles. The van der Waals surface area contributed by atoms with E-state index in [0.29, 0.717) is 0 Å². The molecule has 2 heteroatoms. The first-order valence-electron chi connectivity index (χ1n) is 15.1. The van der Waals surface area contributed by atoms with Gasteiger partial charge in [0.05, 0.1) is 12.1 Å². The standard InChI is InChI=1S/C34H51N2/c1-2-3-4-5-6-7-8-9-10-11-12-13-14-15-16-17-24-29-35-30-31-36(33-27-22-19-23-28-33)34(35)32-25-20-18-21-26-32/h18-23,25-28,30-31H,2-17,24,29H2,1H3/q+1. The van der Waals surface area contributed by atoms with Gasteiger partial charge in [-0.1, -0.05) is 140 Å². The van der Waals surface area contributed by atoms with E-state index in [1.807, 2.05) is 0 Å². The number of para-hydroxylation sites is 1. The minimum Gasteiger partial charge on any atom is -0.230 e. The number of imidazole rings is 1. The van der Waals surface area contributed by atoms with Crippen LogP contribution in [0.25, 0.3) is 17.1 Å². The lowest BCUT2D eigenvalue weighted by atomic mass is 10.0. The summed E-state index contributed by atoms with van der Waals surface area (Å²) in [5.74, 6) is 1.28. The summed E-state index contributed by atoms with van der Waals surface area (Å²) in [6, 6.07) is 21.5. The van der Waals surface area contributed by atoms with E-state index in [9.17, 15) is 0 Å². The minimum absolute atomic E-state index is 1.09. The number of aromatic nitrogens is 2. The second kappa shape index (κ2) is 18.0. The SMILES string of the molecule is CCCCCCCCCCCCCCCCCCC[n+]1ccn(-c2ccccc2)c1-c1ccccc1. The van der Waals surface area contributed by atoms with Crippen molar-refractivity contribution in [1.82, 2.24) is 4.57 Å². The van der Waals surface area contributed by atoms with Gasteiger partial charge in [0, 0.05) is 0 Å². The summed E-state index contributed by atoms with van der Waals surface area (Å²) in [6.07, 6.45) is 28.6. The molecule has 0 N–H and O–H groups in total. The minimum atomic E-state index is 1.09. The lowest BCUT2D eigenvalue weighted by Gasteiger charge is -2.06. The van der Waals surface area contributed by atoms with Crippen molar-refractivity contribution in [1.29, 1.82) is 0 Å². The molecular formula is C34H51N2+. The average molecular weight is 488 g/mol. The van der Waals surface area contributed by atoms with E-state index >= 15 is 0 Å². The summed E-state index contributed by atoms with van der Waals surface area (Å²) in [7, 11) is 0. The van der Waals surface area contributed by atoms with E-state index in [-0.39, 0.29) is 0 Å². The van der Waals surface area contributed by atoms with Gasteiger partial charge in [0.15, 0.2) is 0 Å². The summed E-state index contributed by atoms with van der Waals surface area (Å²) < 4.78 is 4.76. The van der Waals surface area contributed by atoms with Gasteiger partial charge in [0.2, 0.25) is 0 Å². The smallest absolute Gasteiger partial charge is 0.230 e. The molecule has 0 saturated heterocycles. The van der Waals surface area contributed by atoms with Gasteiger partial charge < -0.3 is 0 Å². The van der Waals surface area contributed by atoms with E-state index in [1.54, 1.807) is 0 Å². The van der Waals surface area contributed by atoms with E-state index in [0.717, 1.165) is 6.54 Å². The summed E-state index contributed by atoms with van der Waals surface area (Å²) in [5, 5.41) is 0. The quantitative estimate of drug-likeness (QED) is 0.111. The van der Waals surface area contributed by atoms with Crippen LogP contribution in [0.1, 0.15) is 116 Å². The van der Waals surface area contributed by atoms with E-state index in [1.165, 1.54) is 126 Å². The number of nitrogens with zero attached hydrogens (tertiary/aromatic N) is 2. The Morgan fingerprint density at radius 3 is 1.47 bits per heavy atom. The summed E-state index contributed by atoms with van der Waals surface area (Å²) in [4.78, 5) is 0. The van der Waals surface area contributed by atoms with Gasteiger partial charge in [-0.15, -0.1) is 0 Å². The maximum atomic E-state index is 2.44. The number of rotatable bonds is 20. The predicted octanol–water partition coefficient (Wildman–Crippen LogP) is 10.1. The van der Waals surface area contributed by atoms with Crippen molar-refractivity contribution in [2.45, 2.75) is 123 Å². The monoisotopic (exact) mass is 487 g/mol. The first kappa shape index (κ1) is 28.2. The topological polar surface area (TPSA) is 8.81 Å². The molecule has 2 aromatic carbocycles. The molecule has 0 aliphatic rings. The molecule has 0 aliphatic heterocycles. The van der Waals surface area contributed by atoms with E-state index in [2.05, 4.69) is 89.1 Å². The third-order valence-electron chi connectivity index (χ3n) is 7.46. The Balaban J connectivity index is 1.26. The molecule has 0 amide bonds. The molecule has 3 rings (SSSR count). The molecule has 0 spiro atoms. The zero-order chi connectivity index (χ0) is 25.1. The number of benzene rings is 2. The van der Waals surface area contributed by atoms with Crippen molar-refractivity contribution >= 4 is 0 Å². The van der Waals surface area contributed by atoms with Crippen LogP contribution in [0, 0.1) is 0 Å². The molecule has 0 aliphatic carbocycles. The lowest BCUT2D eigenvalue weighted by molar-refractivity contribution is -0.685. The van der Waals surface area contributed by atoms with Crippen LogP contribution in [0.4, 0.5) is 0 Å². The van der Waals surface area contributed by atoms with Gasteiger partial charge in [-0.3, -0.25) is 0 Å². The molecule has 0 bridgehead atoms. The molecule has 1 heterocycles. The Morgan fingerprint density at radius 1 is 0.528 bits per heavy atom. The number of aryl methyl sites for hydroxylation is 1. The van der Waals surface area contributed by atoms with Gasteiger partial charge in [-0.05, 0) is 37.1 Å². The highest BCUT2D eigenvalue weighted by Gasteiger charge is 2.20. The number of hydrogen-bond donors (Lipinski definition) is 0. The zero-order valence-electron chi connectivity index (χ0n) is 23.1. The van der Waals surface area contributed by atoms with Gasteiger partial charge in [0.1, 0.15) is 18.1 Å². The van der Waals surface area contributed by atoms with E-state index < -0.39 is 0 Å². The van der Waals surface area contributed by atoms with Gasteiger partial charge in [-0.25, -0.2) is 4.57 Å². The van der Waals surface area contributed by atoms with Crippen molar-refractivity contribution in [2.24, 2.45) is 0 Å². The van der Waals surface area contributed by atoms with Gasteiger partial charge in [0.25, 0.3) is 5.82 Å². The third-order valence-corrected chi connectivity index (χ3v) is 7.46. The molecular weight excluding hydrogens is 436 g/mol. The Bertz CT molecular complexity index is 913. The van der Waals surface area contributed by atoms with Crippen molar-refractivity contribution in [2.75, 3.05) is 0 Å². The molecule has 0 fully saturated rings. The molecule has 196 valence electrons. The van der Waals surface area contributed by atoms with Crippen molar-refractivity contribution in [3.8, 4) is 17.1 Å². The molecule has 0 radical (unpaired) electrons. The zero-order valence-corrected chi connectivity index (χ0v) is 23.1. The maximum absolute atomic E-state index is 2.44. The van der Waals surface area contributed by atoms with Crippen LogP contribution in [0.3, 0.4) is 0 Å². The van der Waals surface area contributed by atoms with Gasteiger partial charge in [-0.2, -0.15) is 4.57 Å². The van der Waals surface area contributed by atoms with Crippen LogP contribution in [-0.2, 0) is 6.54 Å². The Morgan fingerprint density at radius 2 is 0.972 bits per heavy atom. The first-order valence-corrected chi connectivity index (χ1v) is 15.1.